The minimum atomic E-state index is -0.720. The number of carbonyl (C=O) groups excluding carboxylic acids is 3. The Balaban J connectivity index is 1.68. The fraction of sp³-hybridized carbons (Fsp3) is 0.633. The summed E-state index contributed by atoms with van der Waals surface area (Å²) in [5.41, 5.74) is 0.107. The zero-order valence-corrected chi connectivity index (χ0v) is 25.5. The summed E-state index contributed by atoms with van der Waals surface area (Å²) in [7, 11) is 0. The number of benzene rings is 1. The first-order chi connectivity index (χ1) is 19.9. The largest absolute Gasteiger partial charge is 0.444 e. The van der Waals surface area contributed by atoms with Gasteiger partial charge in [0.2, 0.25) is 5.91 Å². The van der Waals surface area contributed by atoms with Gasteiger partial charge < -0.3 is 24.2 Å². The Kier molecular flexibility index (Phi) is 9.85. The summed E-state index contributed by atoms with van der Waals surface area (Å²) in [4.78, 5) is 46.2. The molecule has 0 bridgehead atoms. The highest BCUT2D eigenvalue weighted by Gasteiger charge is 2.42. The van der Waals surface area contributed by atoms with Gasteiger partial charge in [-0.2, -0.15) is 0 Å². The maximum Gasteiger partial charge on any atom is 0.410 e. The van der Waals surface area contributed by atoms with Crippen molar-refractivity contribution in [2.24, 2.45) is 11.8 Å². The lowest BCUT2D eigenvalue weighted by Gasteiger charge is -2.44. The molecule has 0 N–H and O–H groups in total. The molecule has 2 atom stereocenters. The smallest absolute Gasteiger partial charge is 0.410 e. The number of carbonyl (C=O) groups is 3. The van der Waals surface area contributed by atoms with E-state index in [1.54, 1.807) is 53.7 Å². The van der Waals surface area contributed by atoms with Crippen LogP contribution in [0.15, 0.2) is 24.3 Å². The molecule has 0 radical (unpaired) electrons. The Morgan fingerprint density at radius 3 is 2.43 bits per heavy atom. The third-order valence-corrected chi connectivity index (χ3v) is 7.40. The molecular formula is C30H43FN6O5. The standard InChI is InChI=1S/C30H43FN6O5/c1-7-24-26(32-33-37(24)25-11-9-8-10-23(25)31)28(39)36(17-20(2)3)22-16-21(27(38)34-12-14-41-15-13-34)18-35(19-22)29(40)42-30(4,5)6/h8-11,20-22H,7,12-19H2,1-6H3/t21?,22-/m0/s1. The number of likely N-dealkylation sites (tertiary alicyclic amines) is 1. The molecular weight excluding hydrogens is 543 g/mol. The van der Waals surface area contributed by atoms with Gasteiger partial charge in [-0.15, -0.1) is 5.10 Å². The van der Waals surface area contributed by atoms with Crippen LogP contribution in [0.1, 0.15) is 64.1 Å². The molecule has 2 aromatic rings. The van der Waals surface area contributed by atoms with Gasteiger partial charge in [-0.05, 0) is 51.7 Å². The Morgan fingerprint density at radius 2 is 1.81 bits per heavy atom. The molecule has 42 heavy (non-hydrogen) atoms. The van der Waals surface area contributed by atoms with E-state index in [-0.39, 0.29) is 42.2 Å². The third-order valence-electron chi connectivity index (χ3n) is 7.40. The number of hydrogen-bond donors (Lipinski definition) is 0. The van der Waals surface area contributed by atoms with Crippen molar-refractivity contribution in [1.29, 1.82) is 0 Å². The van der Waals surface area contributed by atoms with Crippen LogP contribution in [0.4, 0.5) is 9.18 Å². The molecule has 2 fully saturated rings. The van der Waals surface area contributed by atoms with Gasteiger partial charge >= 0.3 is 6.09 Å². The third kappa shape index (κ3) is 7.26. The highest BCUT2D eigenvalue weighted by molar-refractivity contribution is 5.94. The molecule has 230 valence electrons. The predicted octanol–water partition coefficient (Wildman–Crippen LogP) is 3.55. The number of nitrogens with zero attached hydrogens (tertiary/aromatic N) is 6. The highest BCUT2D eigenvalue weighted by atomic mass is 19.1. The second-order valence-corrected chi connectivity index (χ2v) is 12.4. The van der Waals surface area contributed by atoms with Gasteiger partial charge in [-0.3, -0.25) is 9.59 Å². The van der Waals surface area contributed by atoms with Gasteiger partial charge in [-0.25, -0.2) is 13.9 Å². The first-order valence-electron chi connectivity index (χ1n) is 14.7. The molecule has 0 aliphatic carbocycles. The van der Waals surface area contributed by atoms with Crippen molar-refractivity contribution in [3.8, 4) is 5.69 Å². The van der Waals surface area contributed by atoms with Gasteiger partial charge in [-0.1, -0.05) is 38.1 Å². The van der Waals surface area contributed by atoms with E-state index in [0.29, 0.717) is 51.4 Å². The molecule has 0 saturated carbocycles. The molecule has 2 aliphatic heterocycles. The van der Waals surface area contributed by atoms with Crippen molar-refractivity contribution >= 4 is 17.9 Å². The number of amides is 3. The summed E-state index contributed by atoms with van der Waals surface area (Å²) >= 11 is 0. The van der Waals surface area contributed by atoms with E-state index < -0.39 is 29.5 Å². The zero-order chi connectivity index (χ0) is 30.6. The SMILES string of the molecule is CCc1c(C(=O)N(CC(C)C)[C@H]2CC(C(=O)N3CCOCC3)CN(C(=O)OC(C)(C)C)C2)nnn1-c1ccccc1F. The van der Waals surface area contributed by atoms with Gasteiger partial charge in [0.1, 0.15) is 17.1 Å². The monoisotopic (exact) mass is 586 g/mol. The fourth-order valence-corrected chi connectivity index (χ4v) is 5.52. The normalized spacial score (nSPS) is 19.6. The van der Waals surface area contributed by atoms with Gasteiger partial charge in [0.25, 0.3) is 5.91 Å². The quantitative estimate of drug-likeness (QED) is 0.488. The molecule has 2 aliphatic rings. The molecule has 3 heterocycles. The van der Waals surface area contributed by atoms with Crippen molar-refractivity contribution < 1.29 is 28.2 Å². The maximum atomic E-state index is 14.7. The minimum absolute atomic E-state index is 0.0618. The summed E-state index contributed by atoms with van der Waals surface area (Å²) in [5.74, 6) is -1.33. The number of para-hydroxylation sites is 1. The molecule has 1 aromatic heterocycles. The molecule has 2 saturated heterocycles. The van der Waals surface area contributed by atoms with Crippen LogP contribution in [0.2, 0.25) is 0 Å². The van der Waals surface area contributed by atoms with Gasteiger partial charge in [0, 0.05) is 32.7 Å². The molecule has 1 unspecified atom stereocenters. The van der Waals surface area contributed by atoms with Gasteiger partial charge in [0.05, 0.1) is 30.9 Å². The Labute approximate surface area is 246 Å². The first kappa shape index (κ1) is 31.4. The fourth-order valence-electron chi connectivity index (χ4n) is 5.52. The lowest BCUT2D eigenvalue weighted by molar-refractivity contribution is -0.142. The van der Waals surface area contributed by atoms with E-state index in [1.807, 2.05) is 20.8 Å². The molecule has 12 heteroatoms. The second kappa shape index (κ2) is 13.2. The maximum absolute atomic E-state index is 14.7. The number of morpholine rings is 1. The Hall–Kier alpha value is -3.54. The molecule has 4 rings (SSSR count). The summed E-state index contributed by atoms with van der Waals surface area (Å²) in [6, 6.07) is 5.74. The van der Waals surface area contributed by atoms with Crippen molar-refractivity contribution in [2.45, 2.75) is 66.0 Å². The first-order valence-corrected chi connectivity index (χ1v) is 14.7. The van der Waals surface area contributed by atoms with Crippen LogP contribution in [-0.2, 0) is 20.7 Å². The summed E-state index contributed by atoms with van der Waals surface area (Å²) in [6.07, 6.45) is 0.255. The highest BCUT2D eigenvalue weighted by Crippen LogP contribution is 2.28. The van der Waals surface area contributed by atoms with Crippen LogP contribution in [0.25, 0.3) is 5.69 Å². The van der Waals surface area contributed by atoms with Crippen LogP contribution in [0.5, 0.6) is 0 Å². The lowest BCUT2D eigenvalue weighted by atomic mass is 9.91. The van der Waals surface area contributed by atoms with E-state index in [9.17, 15) is 18.8 Å². The summed E-state index contributed by atoms with van der Waals surface area (Å²) in [5, 5.41) is 8.37. The van der Waals surface area contributed by atoms with Gasteiger partial charge in [0.15, 0.2) is 5.69 Å². The zero-order valence-electron chi connectivity index (χ0n) is 25.5. The van der Waals surface area contributed by atoms with Crippen molar-refractivity contribution in [3.63, 3.8) is 0 Å². The Morgan fingerprint density at radius 1 is 1.12 bits per heavy atom. The van der Waals surface area contributed by atoms with E-state index in [2.05, 4.69) is 10.3 Å². The molecule has 1 aromatic carbocycles. The van der Waals surface area contributed by atoms with Crippen molar-refractivity contribution in [3.05, 3.63) is 41.5 Å². The molecule has 3 amide bonds. The minimum Gasteiger partial charge on any atom is -0.444 e. The summed E-state index contributed by atoms with van der Waals surface area (Å²) in [6.45, 7) is 13.9. The average molecular weight is 587 g/mol. The van der Waals surface area contributed by atoms with Crippen LogP contribution in [0.3, 0.4) is 0 Å². The van der Waals surface area contributed by atoms with E-state index >= 15 is 0 Å². The Bertz CT molecular complexity index is 1270. The van der Waals surface area contributed by atoms with Crippen LogP contribution in [-0.4, -0.2) is 105 Å². The molecule has 11 nitrogen and oxygen atoms in total. The predicted molar refractivity (Wildman–Crippen MR) is 154 cm³/mol. The number of piperidine rings is 1. The lowest BCUT2D eigenvalue weighted by Crippen LogP contribution is -2.58. The number of ether oxygens (including phenoxy) is 2. The summed E-state index contributed by atoms with van der Waals surface area (Å²) < 4.78 is 27.1. The molecule has 0 spiro atoms. The van der Waals surface area contributed by atoms with Crippen LogP contribution in [0, 0.1) is 17.7 Å². The van der Waals surface area contributed by atoms with Crippen molar-refractivity contribution in [2.75, 3.05) is 45.9 Å². The van der Waals surface area contributed by atoms with Crippen LogP contribution < -0.4 is 0 Å². The van der Waals surface area contributed by atoms with E-state index in [1.165, 1.54) is 10.7 Å². The van der Waals surface area contributed by atoms with E-state index in [4.69, 9.17) is 9.47 Å². The van der Waals surface area contributed by atoms with Crippen molar-refractivity contribution in [1.82, 2.24) is 29.7 Å². The number of rotatable bonds is 7. The number of aromatic nitrogens is 3. The van der Waals surface area contributed by atoms with E-state index in [0.717, 1.165) is 0 Å². The number of hydrogen-bond acceptors (Lipinski definition) is 7. The number of halogens is 1. The topological polar surface area (TPSA) is 110 Å². The van der Waals surface area contributed by atoms with Crippen LogP contribution >= 0.6 is 0 Å². The average Bonchev–Trinajstić information content (AvgIpc) is 3.38. The second-order valence-electron chi connectivity index (χ2n) is 12.4.